The maximum Gasteiger partial charge on any atom is 0.243 e. The zero-order valence-electron chi connectivity index (χ0n) is 20.9. The molecule has 0 saturated heterocycles. The Hall–Kier alpha value is -3.05. The van der Waals surface area contributed by atoms with Gasteiger partial charge in [0, 0.05) is 25.3 Å². The second kappa shape index (κ2) is 13.7. The van der Waals surface area contributed by atoms with Crippen LogP contribution in [0, 0.1) is 12.8 Å². The molecule has 1 atom stereocenters. The number of rotatable bonds is 12. The predicted octanol–water partition coefficient (Wildman–Crippen LogP) is 5.64. The third-order valence-corrected chi connectivity index (χ3v) is 6.75. The van der Waals surface area contributed by atoms with Crippen molar-refractivity contribution in [3.05, 3.63) is 107 Å². The minimum atomic E-state index is -0.581. The molecule has 3 aromatic rings. The topological polar surface area (TPSA) is 49.4 Å². The van der Waals surface area contributed by atoms with E-state index < -0.39 is 6.04 Å². The minimum Gasteiger partial charge on any atom is -0.354 e. The number of carbonyl (C=O) groups is 2. The maximum absolute atomic E-state index is 13.6. The highest BCUT2D eigenvalue weighted by atomic mass is 32.2. The lowest BCUT2D eigenvalue weighted by Crippen LogP contribution is -2.51. The van der Waals surface area contributed by atoms with Gasteiger partial charge >= 0.3 is 0 Å². The van der Waals surface area contributed by atoms with E-state index >= 15 is 0 Å². The fourth-order valence-electron chi connectivity index (χ4n) is 3.78. The van der Waals surface area contributed by atoms with Crippen LogP contribution < -0.4 is 5.32 Å². The van der Waals surface area contributed by atoms with Gasteiger partial charge in [0.25, 0.3) is 0 Å². The first kappa shape index (κ1) is 26.6. The van der Waals surface area contributed by atoms with Crippen molar-refractivity contribution in [3.8, 4) is 0 Å². The van der Waals surface area contributed by atoms with E-state index in [0.717, 1.165) is 16.9 Å². The highest BCUT2D eigenvalue weighted by molar-refractivity contribution is 7.99. The van der Waals surface area contributed by atoms with E-state index in [1.807, 2.05) is 79.7 Å². The van der Waals surface area contributed by atoms with Gasteiger partial charge in [-0.1, -0.05) is 104 Å². The molecule has 0 radical (unpaired) electrons. The van der Waals surface area contributed by atoms with Crippen molar-refractivity contribution in [1.82, 2.24) is 10.2 Å². The fraction of sp³-hybridized carbons (Fsp3) is 0.333. The molecule has 0 bridgehead atoms. The molecule has 0 spiro atoms. The fourth-order valence-corrected chi connectivity index (χ4v) is 4.65. The number of aryl methyl sites for hydroxylation is 1. The van der Waals surface area contributed by atoms with Crippen LogP contribution in [0.4, 0.5) is 0 Å². The zero-order chi connectivity index (χ0) is 25.0. The van der Waals surface area contributed by atoms with Gasteiger partial charge in [0.2, 0.25) is 11.8 Å². The Bertz CT molecular complexity index is 1050. The molecule has 0 aliphatic rings. The number of hydrogen-bond donors (Lipinski definition) is 1. The summed E-state index contributed by atoms with van der Waals surface area (Å²) in [6, 6.07) is 27.7. The first-order chi connectivity index (χ1) is 16.9. The molecule has 0 aromatic heterocycles. The lowest BCUT2D eigenvalue weighted by atomic mass is 10.0. The van der Waals surface area contributed by atoms with Gasteiger partial charge in [-0.2, -0.15) is 0 Å². The number of thioether (sulfide) groups is 1. The Labute approximate surface area is 214 Å². The van der Waals surface area contributed by atoms with Crippen molar-refractivity contribution >= 4 is 23.6 Å². The molecule has 0 aliphatic heterocycles. The first-order valence-electron chi connectivity index (χ1n) is 12.2. The maximum atomic E-state index is 13.6. The van der Waals surface area contributed by atoms with Crippen molar-refractivity contribution in [2.75, 3.05) is 12.3 Å². The molecule has 0 aliphatic carbocycles. The Balaban J connectivity index is 1.83. The summed E-state index contributed by atoms with van der Waals surface area (Å²) in [6.45, 7) is 7.17. The second-order valence-corrected chi connectivity index (χ2v) is 10.3. The number of benzene rings is 3. The van der Waals surface area contributed by atoms with Crippen LogP contribution in [-0.4, -0.2) is 35.1 Å². The molecule has 0 heterocycles. The van der Waals surface area contributed by atoms with Crippen LogP contribution in [0.1, 0.15) is 36.1 Å². The van der Waals surface area contributed by atoms with Crippen LogP contribution in [0.25, 0.3) is 0 Å². The van der Waals surface area contributed by atoms with Gasteiger partial charge in [0.1, 0.15) is 6.04 Å². The predicted molar refractivity (Wildman–Crippen MR) is 146 cm³/mol. The van der Waals surface area contributed by atoms with Crippen LogP contribution in [0.3, 0.4) is 0 Å². The van der Waals surface area contributed by atoms with E-state index in [2.05, 4.69) is 31.3 Å². The molecule has 4 nitrogen and oxygen atoms in total. The van der Waals surface area contributed by atoms with Gasteiger partial charge in [-0.15, -0.1) is 11.8 Å². The van der Waals surface area contributed by atoms with E-state index in [-0.39, 0.29) is 11.8 Å². The molecule has 0 saturated carbocycles. The Morgan fingerprint density at radius 2 is 1.43 bits per heavy atom. The zero-order valence-corrected chi connectivity index (χ0v) is 21.8. The molecule has 184 valence electrons. The molecular weight excluding hydrogens is 452 g/mol. The van der Waals surface area contributed by atoms with E-state index in [4.69, 9.17) is 0 Å². The summed E-state index contributed by atoms with van der Waals surface area (Å²) in [5, 5.41) is 3.08. The van der Waals surface area contributed by atoms with Gasteiger partial charge in [-0.25, -0.2) is 0 Å². The van der Waals surface area contributed by atoms with Crippen LogP contribution in [0.5, 0.6) is 0 Å². The van der Waals surface area contributed by atoms with Crippen LogP contribution in [0.15, 0.2) is 84.9 Å². The summed E-state index contributed by atoms with van der Waals surface area (Å²) in [5.74, 6) is 1.29. The Kier molecular flexibility index (Phi) is 10.4. The smallest absolute Gasteiger partial charge is 0.243 e. The van der Waals surface area contributed by atoms with Crippen LogP contribution >= 0.6 is 11.8 Å². The average Bonchev–Trinajstić information content (AvgIpc) is 2.87. The lowest BCUT2D eigenvalue weighted by Gasteiger charge is -2.32. The van der Waals surface area contributed by atoms with Gasteiger partial charge in [-0.05, 0) is 29.5 Å². The minimum absolute atomic E-state index is 0.0212. The summed E-state index contributed by atoms with van der Waals surface area (Å²) >= 11 is 1.59. The molecular formula is C30H36N2O2S. The Morgan fingerprint density at radius 3 is 2.03 bits per heavy atom. The molecule has 1 N–H and O–H groups in total. The Morgan fingerprint density at radius 1 is 0.829 bits per heavy atom. The summed E-state index contributed by atoms with van der Waals surface area (Å²) in [4.78, 5) is 28.8. The highest BCUT2D eigenvalue weighted by Crippen LogP contribution is 2.19. The number of amides is 2. The highest BCUT2D eigenvalue weighted by Gasteiger charge is 2.30. The SMILES string of the molecule is Cc1ccc(CN(C(=O)CSCc2ccccc2)[C@H](Cc2ccccc2)C(=O)NCC(C)C)cc1. The number of nitrogens with one attached hydrogen (secondary N) is 1. The van der Waals surface area contributed by atoms with E-state index in [1.165, 1.54) is 11.1 Å². The summed E-state index contributed by atoms with van der Waals surface area (Å²) in [5.41, 5.74) is 4.41. The summed E-state index contributed by atoms with van der Waals surface area (Å²) < 4.78 is 0. The second-order valence-electron chi connectivity index (χ2n) is 9.33. The van der Waals surface area contributed by atoms with Crippen molar-refractivity contribution < 1.29 is 9.59 Å². The summed E-state index contributed by atoms with van der Waals surface area (Å²) in [6.07, 6.45) is 0.478. The largest absolute Gasteiger partial charge is 0.354 e. The number of carbonyl (C=O) groups excluding carboxylic acids is 2. The molecule has 35 heavy (non-hydrogen) atoms. The van der Waals surface area contributed by atoms with Crippen molar-refractivity contribution in [2.24, 2.45) is 5.92 Å². The molecule has 3 rings (SSSR count). The van der Waals surface area contributed by atoms with Gasteiger partial charge < -0.3 is 10.2 Å². The molecule has 0 unspecified atom stereocenters. The van der Waals surface area contributed by atoms with E-state index in [1.54, 1.807) is 16.7 Å². The number of nitrogens with zero attached hydrogens (tertiary/aromatic N) is 1. The van der Waals surface area contributed by atoms with E-state index in [9.17, 15) is 9.59 Å². The average molecular weight is 489 g/mol. The van der Waals surface area contributed by atoms with Crippen LogP contribution in [-0.2, 0) is 28.3 Å². The molecule has 0 fully saturated rings. The molecule has 5 heteroatoms. The van der Waals surface area contributed by atoms with Crippen molar-refractivity contribution in [1.29, 1.82) is 0 Å². The van der Waals surface area contributed by atoms with Gasteiger partial charge in [0.15, 0.2) is 0 Å². The van der Waals surface area contributed by atoms with Gasteiger partial charge in [-0.3, -0.25) is 9.59 Å². The molecule has 3 aromatic carbocycles. The number of hydrogen-bond acceptors (Lipinski definition) is 3. The quantitative estimate of drug-likeness (QED) is 0.359. The summed E-state index contributed by atoms with van der Waals surface area (Å²) in [7, 11) is 0. The van der Waals surface area contributed by atoms with E-state index in [0.29, 0.717) is 31.2 Å². The lowest BCUT2D eigenvalue weighted by molar-refractivity contribution is -0.139. The van der Waals surface area contributed by atoms with Crippen molar-refractivity contribution in [3.63, 3.8) is 0 Å². The normalized spacial score (nSPS) is 11.8. The van der Waals surface area contributed by atoms with Crippen molar-refractivity contribution in [2.45, 2.75) is 45.5 Å². The first-order valence-corrected chi connectivity index (χ1v) is 13.4. The third-order valence-electron chi connectivity index (χ3n) is 5.77. The molecule has 2 amide bonds. The van der Waals surface area contributed by atoms with Crippen LogP contribution in [0.2, 0.25) is 0 Å². The monoisotopic (exact) mass is 488 g/mol. The third kappa shape index (κ3) is 8.91. The standard InChI is InChI=1S/C30H36N2O2S/c1-23(2)19-31-30(34)28(18-25-10-6-4-7-11-25)32(20-26-16-14-24(3)15-17-26)29(33)22-35-21-27-12-8-5-9-13-27/h4-17,23,28H,18-22H2,1-3H3,(H,31,34)/t28-/m1/s1. The van der Waals surface area contributed by atoms with Gasteiger partial charge in [0.05, 0.1) is 5.75 Å².